The van der Waals surface area contributed by atoms with Crippen LogP contribution in [0.15, 0.2) is 30.3 Å². The monoisotopic (exact) mass is 269 g/mol. The smallest absolute Gasteiger partial charge is 0.119 e. The summed E-state index contributed by atoms with van der Waals surface area (Å²) in [6, 6.07) is 9.58. The van der Waals surface area contributed by atoms with Crippen LogP contribution < -0.4 is 10.1 Å². The van der Waals surface area contributed by atoms with Gasteiger partial charge >= 0.3 is 0 Å². The van der Waals surface area contributed by atoms with Crippen LogP contribution in [0.1, 0.15) is 0 Å². The van der Waals surface area contributed by atoms with Crippen molar-refractivity contribution in [3.8, 4) is 5.75 Å². The SMILES string of the molecule is COCCNC[C@@H](O)COCCOc1ccccc1. The minimum Gasteiger partial charge on any atom is -0.491 e. The number of aliphatic hydroxyl groups excluding tert-OH is 1. The molecule has 108 valence electrons. The maximum atomic E-state index is 9.60. The molecular weight excluding hydrogens is 246 g/mol. The highest BCUT2D eigenvalue weighted by Gasteiger charge is 2.03. The Morgan fingerprint density at radius 2 is 1.95 bits per heavy atom. The molecule has 19 heavy (non-hydrogen) atoms. The van der Waals surface area contributed by atoms with E-state index in [0.717, 1.165) is 12.3 Å². The normalized spacial score (nSPS) is 12.3. The summed E-state index contributed by atoms with van der Waals surface area (Å²) >= 11 is 0. The Hall–Kier alpha value is -1.14. The van der Waals surface area contributed by atoms with Gasteiger partial charge in [0, 0.05) is 20.2 Å². The van der Waals surface area contributed by atoms with Crippen molar-refractivity contribution in [3.05, 3.63) is 30.3 Å². The fourth-order valence-corrected chi connectivity index (χ4v) is 1.46. The third kappa shape index (κ3) is 8.56. The number of ether oxygens (including phenoxy) is 3. The first-order valence-corrected chi connectivity index (χ1v) is 6.46. The number of hydrogen-bond donors (Lipinski definition) is 2. The second-order valence-corrected chi connectivity index (χ2v) is 4.09. The van der Waals surface area contributed by atoms with Gasteiger partial charge in [-0.15, -0.1) is 0 Å². The van der Waals surface area contributed by atoms with E-state index in [1.807, 2.05) is 30.3 Å². The number of para-hydroxylation sites is 1. The lowest BCUT2D eigenvalue weighted by Crippen LogP contribution is -2.32. The molecule has 0 saturated heterocycles. The van der Waals surface area contributed by atoms with Crippen LogP contribution in [0.25, 0.3) is 0 Å². The van der Waals surface area contributed by atoms with E-state index in [4.69, 9.17) is 14.2 Å². The molecule has 1 rings (SSSR count). The van der Waals surface area contributed by atoms with Crippen molar-refractivity contribution >= 4 is 0 Å². The Labute approximate surface area is 114 Å². The molecule has 0 spiro atoms. The molecule has 0 aliphatic carbocycles. The summed E-state index contributed by atoms with van der Waals surface area (Å²) in [4.78, 5) is 0. The highest BCUT2D eigenvalue weighted by molar-refractivity contribution is 5.20. The highest BCUT2D eigenvalue weighted by Crippen LogP contribution is 2.07. The molecule has 0 amide bonds. The standard InChI is InChI=1S/C14H23NO4/c1-17-8-7-15-11-13(16)12-18-9-10-19-14-5-3-2-4-6-14/h2-6,13,15-16H,7-12H2,1H3/t13-/m1/s1. The molecule has 0 heterocycles. The zero-order chi connectivity index (χ0) is 13.8. The van der Waals surface area contributed by atoms with Gasteiger partial charge in [-0.25, -0.2) is 0 Å². The van der Waals surface area contributed by atoms with Gasteiger partial charge in [0.2, 0.25) is 0 Å². The third-order valence-electron chi connectivity index (χ3n) is 2.41. The molecule has 0 unspecified atom stereocenters. The van der Waals surface area contributed by atoms with Gasteiger partial charge in [-0.2, -0.15) is 0 Å². The van der Waals surface area contributed by atoms with Crippen LogP contribution in [0.5, 0.6) is 5.75 Å². The second kappa shape index (κ2) is 10.8. The van der Waals surface area contributed by atoms with E-state index in [9.17, 15) is 5.11 Å². The summed E-state index contributed by atoms with van der Waals surface area (Å²) in [6.45, 7) is 3.11. The first-order valence-electron chi connectivity index (χ1n) is 6.46. The maximum Gasteiger partial charge on any atom is 0.119 e. The Bertz CT molecular complexity index is 308. The number of rotatable bonds is 11. The van der Waals surface area contributed by atoms with E-state index < -0.39 is 6.10 Å². The largest absolute Gasteiger partial charge is 0.491 e. The van der Waals surface area contributed by atoms with Crippen molar-refractivity contribution in [3.63, 3.8) is 0 Å². The molecule has 0 aromatic heterocycles. The Balaban J connectivity index is 1.92. The molecule has 1 atom stereocenters. The van der Waals surface area contributed by atoms with Gasteiger partial charge in [0.15, 0.2) is 0 Å². The molecule has 0 aliphatic rings. The predicted molar refractivity (Wildman–Crippen MR) is 73.5 cm³/mol. The average molecular weight is 269 g/mol. The van der Waals surface area contributed by atoms with Gasteiger partial charge in [0.1, 0.15) is 12.4 Å². The molecule has 2 N–H and O–H groups in total. The van der Waals surface area contributed by atoms with Crippen molar-refractivity contribution in [1.82, 2.24) is 5.32 Å². The van der Waals surface area contributed by atoms with E-state index >= 15 is 0 Å². The van der Waals surface area contributed by atoms with Crippen LogP contribution >= 0.6 is 0 Å². The van der Waals surface area contributed by atoms with Gasteiger partial charge in [-0.3, -0.25) is 0 Å². The Morgan fingerprint density at radius 3 is 2.68 bits per heavy atom. The minimum absolute atomic E-state index is 0.304. The number of hydrogen-bond acceptors (Lipinski definition) is 5. The average Bonchev–Trinajstić information content (AvgIpc) is 2.44. The second-order valence-electron chi connectivity index (χ2n) is 4.09. The number of methoxy groups -OCH3 is 1. The van der Waals surface area contributed by atoms with Crippen LogP contribution in [0.4, 0.5) is 0 Å². The van der Waals surface area contributed by atoms with Crippen LogP contribution in [0, 0.1) is 0 Å². The molecule has 5 nitrogen and oxygen atoms in total. The van der Waals surface area contributed by atoms with E-state index in [1.54, 1.807) is 7.11 Å². The molecule has 0 bridgehead atoms. The molecule has 0 saturated carbocycles. The minimum atomic E-state index is -0.506. The van der Waals surface area contributed by atoms with Crippen LogP contribution in [-0.2, 0) is 9.47 Å². The molecule has 0 aliphatic heterocycles. The molecule has 0 radical (unpaired) electrons. The fourth-order valence-electron chi connectivity index (χ4n) is 1.46. The van der Waals surface area contributed by atoms with E-state index in [-0.39, 0.29) is 0 Å². The fraction of sp³-hybridized carbons (Fsp3) is 0.571. The van der Waals surface area contributed by atoms with E-state index in [0.29, 0.717) is 33.0 Å². The maximum absolute atomic E-state index is 9.60. The van der Waals surface area contributed by atoms with Crippen LogP contribution in [0.3, 0.4) is 0 Å². The first-order chi connectivity index (χ1) is 9.33. The quantitative estimate of drug-likeness (QED) is 0.579. The number of benzene rings is 1. The van der Waals surface area contributed by atoms with E-state index in [2.05, 4.69) is 5.32 Å². The van der Waals surface area contributed by atoms with Crippen molar-refractivity contribution in [2.75, 3.05) is 46.6 Å². The van der Waals surface area contributed by atoms with Gasteiger partial charge in [0.25, 0.3) is 0 Å². The number of aliphatic hydroxyl groups is 1. The Kier molecular flexibility index (Phi) is 9.01. The van der Waals surface area contributed by atoms with Crippen LogP contribution in [0.2, 0.25) is 0 Å². The lowest BCUT2D eigenvalue weighted by molar-refractivity contribution is 0.0245. The number of nitrogens with one attached hydrogen (secondary N) is 1. The molecule has 1 aromatic rings. The summed E-state index contributed by atoms with van der Waals surface area (Å²) in [5, 5.41) is 12.7. The van der Waals surface area contributed by atoms with Crippen molar-refractivity contribution in [2.45, 2.75) is 6.10 Å². The first kappa shape index (κ1) is 15.9. The summed E-state index contributed by atoms with van der Waals surface area (Å²) in [7, 11) is 1.65. The van der Waals surface area contributed by atoms with Crippen molar-refractivity contribution < 1.29 is 19.3 Å². The molecular formula is C14H23NO4. The van der Waals surface area contributed by atoms with Gasteiger partial charge in [0.05, 0.1) is 25.9 Å². The molecule has 0 fully saturated rings. The van der Waals surface area contributed by atoms with Gasteiger partial charge < -0.3 is 24.6 Å². The Morgan fingerprint density at radius 1 is 1.16 bits per heavy atom. The predicted octanol–water partition coefficient (Wildman–Crippen LogP) is 0.679. The van der Waals surface area contributed by atoms with E-state index in [1.165, 1.54) is 0 Å². The lowest BCUT2D eigenvalue weighted by atomic mass is 10.3. The molecule has 1 aromatic carbocycles. The highest BCUT2D eigenvalue weighted by atomic mass is 16.5. The van der Waals surface area contributed by atoms with Gasteiger partial charge in [-0.1, -0.05) is 18.2 Å². The molecule has 5 heteroatoms. The van der Waals surface area contributed by atoms with Crippen molar-refractivity contribution in [2.24, 2.45) is 0 Å². The zero-order valence-electron chi connectivity index (χ0n) is 11.4. The third-order valence-corrected chi connectivity index (χ3v) is 2.41. The van der Waals surface area contributed by atoms with Gasteiger partial charge in [-0.05, 0) is 12.1 Å². The summed E-state index contributed by atoms with van der Waals surface area (Å²) < 4.78 is 15.7. The topological polar surface area (TPSA) is 60.0 Å². The zero-order valence-corrected chi connectivity index (χ0v) is 11.4. The summed E-state index contributed by atoms with van der Waals surface area (Å²) in [6.07, 6.45) is -0.506. The van der Waals surface area contributed by atoms with Crippen LogP contribution in [-0.4, -0.2) is 57.8 Å². The summed E-state index contributed by atoms with van der Waals surface area (Å²) in [5.41, 5.74) is 0. The summed E-state index contributed by atoms with van der Waals surface area (Å²) in [5.74, 6) is 0.827. The van der Waals surface area contributed by atoms with Crippen molar-refractivity contribution in [1.29, 1.82) is 0 Å². The lowest BCUT2D eigenvalue weighted by Gasteiger charge is -2.12.